The van der Waals surface area contributed by atoms with Gasteiger partial charge >= 0.3 is 0 Å². The molecule has 0 aliphatic heterocycles. The molecule has 3 N–H and O–H groups in total. The summed E-state index contributed by atoms with van der Waals surface area (Å²) in [5.74, 6) is 0.278. The average Bonchev–Trinajstić information content (AvgIpc) is 2.56. The highest BCUT2D eigenvalue weighted by atomic mass is 32.1. The molecule has 0 fully saturated rings. The van der Waals surface area contributed by atoms with Gasteiger partial charge < -0.3 is 15.8 Å². The molecule has 6 heteroatoms. The van der Waals surface area contributed by atoms with Crippen LogP contribution < -0.4 is 11.1 Å². The maximum Gasteiger partial charge on any atom is 0.157 e. The van der Waals surface area contributed by atoms with Crippen molar-refractivity contribution in [3.8, 4) is 6.07 Å². The number of nitrogens with one attached hydrogen (secondary N) is 1. The van der Waals surface area contributed by atoms with Gasteiger partial charge in [-0.3, -0.25) is 0 Å². The van der Waals surface area contributed by atoms with Gasteiger partial charge in [-0.25, -0.2) is 0 Å². The second-order valence-electron chi connectivity index (χ2n) is 3.70. The van der Waals surface area contributed by atoms with Crippen LogP contribution in [-0.4, -0.2) is 23.6 Å². The van der Waals surface area contributed by atoms with Crippen molar-refractivity contribution >= 4 is 22.4 Å². The molecule has 1 heterocycles. The maximum atomic E-state index is 8.84. The number of hydrogen-bond donors (Lipinski definition) is 2. The first kappa shape index (κ1) is 11.8. The highest BCUT2D eigenvalue weighted by Gasteiger charge is 2.18. The zero-order chi connectivity index (χ0) is 11.5. The summed E-state index contributed by atoms with van der Waals surface area (Å²) in [6.45, 7) is 4.51. The van der Waals surface area contributed by atoms with E-state index in [9.17, 15) is 0 Å². The number of ether oxygens (including phenoxy) is 1. The lowest BCUT2D eigenvalue weighted by molar-refractivity contribution is 0.0344. The third kappa shape index (κ3) is 2.81. The minimum Gasteiger partial charge on any atom is -0.382 e. The Bertz CT molecular complexity index is 380. The molecule has 0 atom stereocenters. The predicted molar refractivity (Wildman–Crippen MR) is 60.8 cm³/mol. The zero-order valence-corrected chi connectivity index (χ0v) is 9.81. The van der Waals surface area contributed by atoms with Gasteiger partial charge in [0.05, 0.1) is 5.60 Å². The average molecular weight is 226 g/mol. The maximum absolute atomic E-state index is 8.84. The minimum absolute atomic E-state index is 0.278. The van der Waals surface area contributed by atoms with Crippen LogP contribution in [0.25, 0.3) is 0 Å². The smallest absolute Gasteiger partial charge is 0.157 e. The molecule has 0 radical (unpaired) electrons. The molecule has 0 amide bonds. The summed E-state index contributed by atoms with van der Waals surface area (Å²) in [4.78, 5) is 0. The van der Waals surface area contributed by atoms with Crippen LogP contribution in [-0.2, 0) is 4.74 Å². The van der Waals surface area contributed by atoms with Gasteiger partial charge in [0.2, 0.25) is 0 Å². The molecule has 0 aliphatic rings. The van der Waals surface area contributed by atoms with E-state index in [1.54, 1.807) is 7.11 Å². The van der Waals surface area contributed by atoms with Gasteiger partial charge in [-0.1, -0.05) is 0 Å². The molecular formula is C9H14N4OS. The molecule has 1 aromatic rings. The van der Waals surface area contributed by atoms with Crippen molar-refractivity contribution in [2.75, 3.05) is 24.7 Å². The van der Waals surface area contributed by atoms with Crippen molar-refractivity contribution in [3.05, 3.63) is 5.56 Å². The van der Waals surface area contributed by atoms with Crippen molar-refractivity contribution in [1.29, 1.82) is 5.26 Å². The largest absolute Gasteiger partial charge is 0.382 e. The Balaban J connectivity index is 2.71. The SMILES string of the molecule is COC(C)(C)CNc1snc(N)c1C#N. The molecule has 0 aliphatic carbocycles. The van der Waals surface area contributed by atoms with E-state index in [4.69, 9.17) is 15.7 Å². The number of methoxy groups -OCH3 is 1. The van der Waals surface area contributed by atoms with Gasteiger partial charge in [0.1, 0.15) is 16.6 Å². The highest BCUT2D eigenvalue weighted by molar-refractivity contribution is 7.10. The summed E-state index contributed by atoms with van der Waals surface area (Å²) in [7, 11) is 1.65. The molecule has 0 unspecified atom stereocenters. The molecule has 0 bridgehead atoms. The second kappa shape index (κ2) is 4.47. The van der Waals surface area contributed by atoms with Crippen molar-refractivity contribution < 1.29 is 4.74 Å². The van der Waals surface area contributed by atoms with Gasteiger partial charge in [0.25, 0.3) is 0 Å². The van der Waals surface area contributed by atoms with E-state index >= 15 is 0 Å². The van der Waals surface area contributed by atoms with E-state index in [1.807, 2.05) is 19.9 Å². The van der Waals surface area contributed by atoms with E-state index < -0.39 is 0 Å². The first-order valence-corrected chi connectivity index (χ1v) is 5.22. The Morgan fingerprint density at radius 1 is 1.67 bits per heavy atom. The molecular weight excluding hydrogens is 212 g/mol. The molecule has 1 rings (SSSR count). The fraction of sp³-hybridized carbons (Fsp3) is 0.556. The van der Waals surface area contributed by atoms with Crippen molar-refractivity contribution in [2.24, 2.45) is 0 Å². The van der Waals surface area contributed by atoms with Gasteiger partial charge in [0, 0.05) is 13.7 Å². The van der Waals surface area contributed by atoms with E-state index in [1.165, 1.54) is 11.5 Å². The Kier molecular flexibility index (Phi) is 3.50. The van der Waals surface area contributed by atoms with Gasteiger partial charge in [-0.05, 0) is 25.4 Å². The Labute approximate surface area is 93.0 Å². The zero-order valence-electron chi connectivity index (χ0n) is 9.00. The second-order valence-corrected chi connectivity index (χ2v) is 4.47. The Morgan fingerprint density at radius 2 is 2.33 bits per heavy atom. The van der Waals surface area contributed by atoms with Crippen LogP contribution in [0.2, 0.25) is 0 Å². The van der Waals surface area contributed by atoms with E-state index in [0.29, 0.717) is 17.1 Å². The number of rotatable bonds is 4. The number of nitrogens with zero attached hydrogens (tertiary/aromatic N) is 2. The van der Waals surface area contributed by atoms with Crippen LogP contribution in [0.1, 0.15) is 19.4 Å². The molecule has 0 aromatic carbocycles. The van der Waals surface area contributed by atoms with Crippen LogP contribution in [0.15, 0.2) is 0 Å². The van der Waals surface area contributed by atoms with Crippen LogP contribution >= 0.6 is 11.5 Å². The third-order valence-electron chi connectivity index (χ3n) is 2.06. The summed E-state index contributed by atoms with van der Waals surface area (Å²) in [5.41, 5.74) is 5.65. The lowest BCUT2D eigenvalue weighted by atomic mass is 10.1. The van der Waals surface area contributed by atoms with Gasteiger partial charge in [-0.15, -0.1) is 0 Å². The topological polar surface area (TPSA) is 84.0 Å². The first-order chi connectivity index (χ1) is 7.00. The number of anilines is 2. The monoisotopic (exact) mass is 226 g/mol. The van der Waals surface area contributed by atoms with Crippen molar-refractivity contribution in [1.82, 2.24) is 4.37 Å². The van der Waals surface area contributed by atoms with Crippen molar-refractivity contribution in [2.45, 2.75) is 19.4 Å². The summed E-state index contributed by atoms with van der Waals surface area (Å²) < 4.78 is 9.15. The molecule has 0 saturated heterocycles. The van der Waals surface area contributed by atoms with Gasteiger partial charge in [0.15, 0.2) is 5.82 Å². The van der Waals surface area contributed by atoms with E-state index in [0.717, 1.165) is 0 Å². The van der Waals surface area contributed by atoms with E-state index in [2.05, 4.69) is 9.69 Å². The summed E-state index contributed by atoms with van der Waals surface area (Å²) in [5, 5.41) is 12.6. The van der Waals surface area contributed by atoms with Gasteiger partial charge in [-0.2, -0.15) is 9.64 Å². The summed E-state index contributed by atoms with van der Waals surface area (Å²) >= 11 is 1.19. The minimum atomic E-state index is -0.286. The number of aromatic nitrogens is 1. The standard InChI is InChI=1S/C9H14N4OS/c1-9(2,14-3)5-12-8-6(4-10)7(11)13-15-8/h12H,5H2,1-3H3,(H2,11,13). The predicted octanol–water partition coefficient (Wildman–Crippen LogP) is 1.43. The number of nitrogen functional groups attached to an aromatic ring is 1. The number of nitrogens with two attached hydrogens (primary N) is 1. The summed E-state index contributed by atoms with van der Waals surface area (Å²) in [6.07, 6.45) is 0. The molecule has 5 nitrogen and oxygen atoms in total. The van der Waals surface area contributed by atoms with Crippen molar-refractivity contribution in [3.63, 3.8) is 0 Å². The molecule has 0 spiro atoms. The molecule has 1 aromatic heterocycles. The lowest BCUT2D eigenvalue weighted by Gasteiger charge is -2.23. The van der Waals surface area contributed by atoms with Crippen LogP contribution in [0.4, 0.5) is 10.8 Å². The molecule has 15 heavy (non-hydrogen) atoms. The molecule has 82 valence electrons. The fourth-order valence-corrected chi connectivity index (χ4v) is 1.56. The highest BCUT2D eigenvalue weighted by Crippen LogP contribution is 2.26. The Morgan fingerprint density at radius 3 is 2.87 bits per heavy atom. The van der Waals surface area contributed by atoms with E-state index in [-0.39, 0.29) is 11.4 Å². The van der Waals surface area contributed by atoms with Crippen LogP contribution in [0.5, 0.6) is 0 Å². The normalized spacial score (nSPS) is 11.1. The third-order valence-corrected chi connectivity index (χ3v) is 2.88. The first-order valence-electron chi connectivity index (χ1n) is 4.44. The fourth-order valence-electron chi connectivity index (χ4n) is 0.896. The number of hydrogen-bond acceptors (Lipinski definition) is 6. The quantitative estimate of drug-likeness (QED) is 0.811. The Hall–Kier alpha value is -1.32. The summed E-state index contributed by atoms with van der Waals surface area (Å²) in [6, 6.07) is 2.02. The van der Waals surface area contributed by atoms with Crippen LogP contribution in [0.3, 0.4) is 0 Å². The lowest BCUT2D eigenvalue weighted by Crippen LogP contribution is -2.31. The number of nitriles is 1. The van der Waals surface area contributed by atoms with Crippen LogP contribution in [0, 0.1) is 11.3 Å². The molecule has 0 saturated carbocycles.